The van der Waals surface area contributed by atoms with Crippen LogP contribution in [0, 0.1) is 23.7 Å². The Labute approximate surface area is 490 Å². The van der Waals surface area contributed by atoms with Crippen molar-refractivity contribution >= 4 is 47.6 Å². The molecule has 2 heterocycles. The normalized spacial score (nSPS) is 21.7. The van der Waals surface area contributed by atoms with Crippen molar-refractivity contribution in [2.75, 3.05) is 61.2 Å². The number of rotatable bonds is 32. The van der Waals surface area contributed by atoms with Crippen LogP contribution in [-0.4, -0.2) is 227 Å². The fraction of sp³-hybridized carbons (Fsp3) is 0.655. The van der Waals surface area contributed by atoms with Crippen molar-refractivity contribution < 1.29 is 97.4 Å². The molecule has 14 atom stereocenters. The molecule has 9 N–H and O–H groups in total. The molecular weight excluding hydrogens is 1100 g/mol. The molecule has 470 valence electrons. The van der Waals surface area contributed by atoms with Gasteiger partial charge in [0.1, 0.15) is 48.8 Å². The number of aliphatic hydroxyl groups excluding tert-OH is 4. The van der Waals surface area contributed by atoms with Crippen molar-refractivity contribution in [2.45, 2.75) is 160 Å². The van der Waals surface area contributed by atoms with Crippen LogP contribution in [0.2, 0.25) is 0 Å². The monoisotopic (exact) mass is 1190 g/mol. The first-order chi connectivity index (χ1) is 39.7. The number of carbonyl (C=O) groups is 8. The molecule has 2 fully saturated rings. The van der Waals surface area contributed by atoms with E-state index in [0.29, 0.717) is 25.8 Å². The molecule has 4 rings (SSSR count). The Morgan fingerprint density at radius 3 is 2.08 bits per heavy atom. The van der Waals surface area contributed by atoms with E-state index in [1.165, 1.54) is 44.4 Å². The molecular formula is C58H88N6O20. The van der Waals surface area contributed by atoms with Gasteiger partial charge >= 0.3 is 18.0 Å². The number of likely N-dealkylation sites (tertiary alicyclic amines) is 1. The van der Waals surface area contributed by atoms with Crippen LogP contribution in [-0.2, 0) is 65.5 Å². The first kappa shape index (κ1) is 70.0. The molecule has 26 heteroatoms. The second-order valence-corrected chi connectivity index (χ2v) is 22.0. The van der Waals surface area contributed by atoms with E-state index in [1.807, 2.05) is 19.9 Å². The molecule has 0 aromatic heterocycles. The molecule has 0 saturated carbocycles. The first-order valence-electron chi connectivity index (χ1n) is 28.3. The minimum Gasteiger partial charge on any atom is -0.480 e. The number of carboxylic acids is 2. The summed E-state index contributed by atoms with van der Waals surface area (Å²) < 4.78 is 33.9. The van der Waals surface area contributed by atoms with Crippen LogP contribution in [0.4, 0.5) is 4.79 Å². The summed E-state index contributed by atoms with van der Waals surface area (Å²) in [6.07, 6.45) is -11.0. The van der Waals surface area contributed by atoms with Crippen LogP contribution in [0.3, 0.4) is 0 Å². The number of carboxylic acid groups (broad SMARTS) is 2. The lowest BCUT2D eigenvalue weighted by atomic mass is 9.89. The minimum absolute atomic E-state index is 0.0174. The number of likely N-dealkylation sites (N-methyl/N-ethyl adjacent to an activating group) is 2. The Balaban J connectivity index is 1.52. The number of nitrogens with zero attached hydrogens (tertiary/aromatic N) is 3. The van der Waals surface area contributed by atoms with Gasteiger partial charge < -0.3 is 84.8 Å². The number of carbonyl (C=O) groups excluding carboxylic acids is 6. The Morgan fingerprint density at radius 1 is 0.821 bits per heavy atom. The molecule has 0 bridgehead atoms. The Morgan fingerprint density at radius 2 is 1.50 bits per heavy atom. The van der Waals surface area contributed by atoms with Crippen molar-refractivity contribution in [3.05, 3.63) is 65.2 Å². The van der Waals surface area contributed by atoms with E-state index < -0.39 is 139 Å². The Bertz CT molecular complexity index is 2510. The van der Waals surface area contributed by atoms with Crippen molar-refractivity contribution in [1.29, 1.82) is 0 Å². The topological polar surface area (TPSA) is 359 Å². The van der Waals surface area contributed by atoms with Crippen molar-refractivity contribution in [1.82, 2.24) is 30.7 Å². The van der Waals surface area contributed by atoms with E-state index in [-0.39, 0.29) is 67.9 Å². The fourth-order valence-corrected chi connectivity index (χ4v) is 10.6. The van der Waals surface area contributed by atoms with E-state index in [4.69, 9.17) is 33.5 Å². The average molecular weight is 1190 g/mol. The number of hydrogen-bond acceptors (Lipinski definition) is 18. The Hall–Kier alpha value is -6.52. The molecule has 6 amide bonds. The summed E-state index contributed by atoms with van der Waals surface area (Å²) in [5, 5.41) is 68.1. The number of nitrogens with one attached hydrogen (secondary N) is 3. The molecule has 26 nitrogen and oxygen atoms in total. The maximum Gasteiger partial charge on any atom is 0.410 e. The van der Waals surface area contributed by atoms with Gasteiger partial charge in [-0.2, -0.15) is 0 Å². The zero-order valence-electron chi connectivity index (χ0n) is 49.9. The molecule has 0 radical (unpaired) electrons. The smallest absolute Gasteiger partial charge is 0.410 e. The fourth-order valence-electron chi connectivity index (χ4n) is 10.6. The van der Waals surface area contributed by atoms with Crippen LogP contribution in [0.1, 0.15) is 95.6 Å². The molecule has 84 heavy (non-hydrogen) atoms. The van der Waals surface area contributed by atoms with Crippen LogP contribution in [0.5, 0.6) is 5.75 Å². The third-order valence-electron chi connectivity index (χ3n) is 15.5. The van der Waals surface area contributed by atoms with Crippen LogP contribution in [0.25, 0.3) is 0 Å². The minimum atomic E-state index is -2.02. The van der Waals surface area contributed by atoms with Gasteiger partial charge in [-0.1, -0.05) is 85.2 Å². The molecule has 2 aliphatic rings. The SMILES string of the molecule is CCC(C)[C@@H]([C@@H](CC(=O)N1CCC[C@H]1[C@H](OC)[C@@H](C)C(=O)NC(Cc1ccccc1)C(=O)O)OC)N(C)C(=O)[C@@H](NC(=O)[C@H](C(C)C)N(C)C(=O)OCc1cc(C(=O)NCCOCCO)ccc1O[C@@H]1O[C@H](C(=O)O)[C@@H](O)[C@H](O)[C@H]1O)C(C)C. The van der Waals surface area contributed by atoms with Crippen molar-refractivity contribution in [2.24, 2.45) is 23.7 Å². The molecule has 2 aromatic carbocycles. The molecule has 0 spiro atoms. The summed E-state index contributed by atoms with van der Waals surface area (Å²) in [7, 11) is 5.77. The highest BCUT2D eigenvalue weighted by Gasteiger charge is 2.49. The molecule has 2 aromatic rings. The summed E-state index contributed by atoms with van der Waals surface area (Å²) in [4.78, 5) is 113. The van der Waals surface area contributed by atoms with Crippen molar-refractivity contribution in [3.63, 3.8) is 0 Å². The molecule has 2 saturated heterocycles. The lowest BCUT2D eigenvalue weighted by Gasteiger charge is -2.41. The summed E-state index contributed by atoms with van der Waals surface area (Å²) >= 11 is 0. The van der Waals surface area contributed by atoms with E-state index in [9.17, 15) is 63.9 Å². The predicted octanol–water partition coefficient (Wildman–Crippen LogP) is 1.16. The van der Waals surface area contributed by atoms with E-state index >= 15 is 0 Å². The average Bonchev–Trinajstić information content (AvgIpc) is 3.37. The van der Waals surface area contributed by atoms with Crippen molar-refractivity contribution in [3.8, 4) is 5.75 Å². The van der Waals surface area contributed by atoms with Gasteiger partial charge in [0.2, 0.25) is 29.9 Å². The van der Waals surface area contributed by atoms with Gasteiger partial charge in [-0.15, -0.1) is 0 Å². The Kier molecular flexibility index (Phi) is 27.7. The lowest BCUT2D eigenvalue weighted by Crippen LogP contribution is -2.61. The van der Waals surface area contributed by atoms with E-state index in [0.717, 1.165) is 10.5 Å². The number of ether oxygens (including phenoxy) is 6. The highest BCUT2D eigenvalue weighted by molar-refractivity contribution is 5.95. The third-order valence-corrected chi connectivity index (χ3v) is 15.5. The van der Waals surface area contributed by atoms with Crippen LogP contribution in [0.15, 0.2) is 48.5 Å². The largest absolute Gasteiger partial charge is 0.480 e. The quantitative estimate of drug-likeness (QED) is 0.0464. The second-order valence-electron chi connectivity index (χ2n) is 22.0. The molecule has 2 unspecified atom stereocenters. The zero-order chi connectivity index (χ0) is 62.7. The first-order valence-corrected chi connectivity index (χ1v) is 28.3. The molecule has 0 aliphatic carbocycles. The number of aliphatic carboxylic acids is 2. The van der Waals surface area contributed by atoms with Gasteiger partial charge in [0.25, 0.3) is 5.91 Å². The molecule has 2 aliphatic heterocycles. The van der Waals surface area contributed by atoms with Gasteiger partial charge in [-0.3, -0.25) is 28.9 Å². The number of aliphatic hydroxyl groups is 4. The second kappa shape index (κ2) is 33.2. The van der Waals surface area contributed by atoms with E-state index in [1.54, 1.807) is 70.8 Å². The maximum absolute atomic E-state index is 14.8. The lowest BCUT2D eigenvalue weighted by molar-refractivity contribution is -0.271. The number of methoxy groups -OCH3 is 2. The van der Waals surface area contributed by atoms with Gasteiger partial charge in [0.05, 0.1) is 56.5 Å². The maximum atomic E-state index is 14.8. The standard InChI is InChI=1S/C58H88N6O20/c1-12-33(6)45(41(79-10)29-42(66)64-23-16-19-39(64)49(80-11)34(7)51(70)60-38(55(74)75)27-35-17-14-13-15-18-35)62(8)54(73)43(31(2)3)61-53(72)44(32(4)5)63(9)58(78)82-30-37-28-36(52(71)59-22-25-81-26-24-65)20-21-40(37)83-57-48(69)46(67)47(68)50(84-57)56(76)77/h13-15,17-18,20-21,28,31-34,38-39,41,43-50,57,65,67-69H,12,16,19,22-27,29-30H2,1-11H3,(H,59,71)(H,60,70)(H,61,72)(H,74,75)(H,76,77)/t33?,34-,38?,39+,41-,43+,44+,45+,46+,47+,48-,49-,50+,57-/m1/s1. The van der Waals surface area contributed by atoms with E-state index in [2.05, 4.69) is 16.0 Å². The summed E-state index contributed by atoms with van der Waals surface area (Å²) in [5.41, 5.74) is 0.739. The highest BCUT2D eigenvalue weighted by Crippen LogP contribution is 2.32. The van der Waals surface area contributed by atoms with Crippen LogP contribution < -0.4 is 20.7 Å². The number of benzene rings is 2. The van der Waals surface area contributed by atoms with Gasteiger partial charge in [0.15, 0.2) is 6.10 Å². The third kappa shape index (κ3) is 18.5. The predicted molar refractivity (Wildman–Crippen MR) is 301 cm³/mol. The number of amides is 6. The summed E-state index contributed by atoms with van der Waals surface area (Å²) in [6, 6.07) is 7.88. The summed E-state index contributed by atoms with van der Waals surface area (Å²) in [5.74, 6) is -7.92. The number of hydrogen-bond donors (Lipinski definition) is 9. The summed E-state index contributed by atoms with van der Waals surface area (Å²) in [6.45, 7) is 12.0. The van der Waals surface area contributed by atoms with Crippen LogP contribution >= 0.6 is 0 Å². The van der Waals surface area contributed by atoms with Gasteiger partial charge in [-0.05, 0) is 54.4 Å². The van der Waals surface area contributed by atoms with Gasteiger partial charge in [0, 0.05) is 59.0 Å². The van der Waals surface area contributed by atoms with Gasteiger partial charge in [-0.25, -0.2) is 14.4 Å². The highest BCUT2D eigenvalue weighted by atomic mass is 16.7. The zero-order valence-corrected chi connectivity index (χ0v) is 49.9.